The summed E-state index contributed by atoms with van der Waals surface area (Å²) in [4.78, 5) is 0. The Morgan fingerprint density at radius 1 is 0.615 bits per heavy atom. The smallest absolute Gasteiger partial charge is 0.0440 e. The summed E-state index contributed by atoms with van der Waals surface area (Å²) in [7, 11) is 0. The molecule has 13 heavy (non-hydrogen) atoms. The lowest BCUT2D eigenvalue weighted by molar-refractivity contribution is 0.555. The summed E-state index contributed by atoms with van der Waals surface area (Å²) in [5.41, 5.74) is 0. The molecule has 0 radical (unpaired) electrons. The predicted octanol–water partition coefficient (Wildman–Crippen LogP) is 5.52. The van der Waals surface area contributed by atoms with Crippen molar-refractivity contribution < 1.29 is 0 Å². The van der Waals surface area contributed by atoms with E-state index in [4.69, 9.17) is 0 Å². The quantitative estimate of drug-likeness (QED) is 0.469. The molecule has 84 valence electrons. The maximum Gasteiger partial charge on any atom is -0.0440 e. The van der Waals surface area contributed by atoms with Crippen molar-refractivity contribution in [2.75, 3.05) is 0 Å². The summed E-state index contributed by atoms with van der Waals surface area (Å²) in [5.74, 6) is 2.05. The third-order valence-corrected chi connectivity index (χ3v) is 1.96. The molecule has 0 aliphatic heterocycles. The Bertz CT molecular complexity index is 49.1. The minimum atomic E-state index is 1.02. The van der Waals surface area contributed by atoms with E-state index in [0.29, 0.717) is 0 Å². The van der Waals surface area contributed by atoms with Crippen molar-refractivity contribution in [2.45, 2.75) is 74.7 Å². The highest BCUT2D eigenvalue weighted by Crippen LogP contribution is 2.29. The minimum absolute atomic E-state index is 1.02. The molecule has 1 fully saturated rings. The molecule has 0 amide bonds. The zero-order valence-corrected chi connectivity index (χ0v) is 11.3. The van der Waals surface area contributed by atoms with Gasteiger partial charge in [-0.3, -0.25) is 0 Å². The first-order valence-corrected chi connectivity index (χ1v) is 6.29. The van der Waals surface area contributed by atoms with Crippen LogP contribution in [0.2, 0.25) is 0 Å². The normalized spacial score (nSPS) is 24.0. The number of hydrogen-bond donors (Lipinski definition) is 0. The minimum Gasteiger partial charge on any atom is -0.0683 e. The second-order valence-corrected chi connectivity index (χ2v) is 3.02. The Morgan fingerprint density at radius 3 is 0.923 bits per heavy atom. The average molecular weight is 188 g/mol. The Morgan fingerprint density at radius 2 is 0.846 bits per heavy atom. The molecule has 0 spiro atoms. The maximum atomic E-state index is 2.35. The number of hydrogen-bond acceptors (Lipinski definition) is 0. The summed E-state index contributed by atoms with van der Waals surface area (Å²) >= 11 is 0. The van der Waals surface area contributed by atoms with Crippen LogP contribution >= 0.6 is 0 Å². The van der Waals surface area contributed by atoms with E-state index in [1.54, 1.807) is 0 Å². The Kier molecular flexibility index (Phi) is 25.8. The molecule has 0 bridgehead atoms. The lowest BCUT2D eigenvalue weighted by Crippen LogP contribution is -1.84. The van der Waals surface area contributed by atoms with E-state index >= 15 is 0 Å². The largest absolute Gasteiger partial charge is 0.0683 e. The highest BCUT2D eigenvalue weighted by Gasteiger charge is 2.15. The van der Waals surface area contributed by atoms with Gasteiger partial charge in [-0.25, -0.2) is 0 Å². The molecular weight excluding hydrogens is 156 g/mol. The first-order chi connectivity index (χ1) is 6.29. The molecule has 1 aliphatic rings. The van der Waals surface area contributed by atoms with Crippen molar-refractivity contribution in [3.8, 4) is 0 Å². The fraction of sp³-hybridized carbons (Fsp3) is 1.00. The van der Waals surface area contributed by atoms with Gasteiger partial charge in [0.05, 0.1) is 0 Å². The molecule has 0 aromatic heterocycles. The molecule has 0 aromatic rings. The fourth-order valence-electron chi connectivity index (χ4n) is 1.49. The maximum absolute atomic E-state index is 2.35. The van der Waals surface area contributed by atoms with Gasteiger partial charge in [0.15, 0.2) is 0 Å². The number of rotatable bonds is 0. The van der Waals surface area contributed by atoms with Crippen LogP contribution in [0.5, 0.6) is 0 Å². The van der Waals surface area contributed by atoms with Crippen molar-refractivity contribution in [2.24, 2.45) is 11.8 Å². The zero-order chi connectivity index (χ0) is 11.3. The molecule has 0 N–H and O–H groups in total. The van der Waals surface area contributed by atoms with Crippen molar-refractivity contribution in [3.63, 3.8) is 0 Å². The highest BCUT2D eigenvalue weighted by atomic mass is 14.2. The van der Waals surface area contributed by atoms with Gasteiger partial charge in [0, 0.05) is 0 Å². The van der Waals surface area contributed by atoms with Crippen LogP contribution in [-0.2, 0) is 0 Å². The molecule has 1 rings (SSSR count). The van der Waals surface area contributed by atoms with Crippen molar-refractivity contribution >= 4 is 0 Å². The molecule has 2 unspecified atom stereocenters. The summed E-state index contributed by atoms with van der Waals surface area (Å²) in [5, 5.41) is 0. The first-order valence-electron chi connectivity index (χ1n) is 6.29. The van der Waals surface area contributed by atoms with Gasteiger partial charge in [-0.1, -0.05) is 68.2 Å². The van der Waals surface area contributed by atoms with Crippen LogP contribution in [-0.4, -0.2) is 0 Å². The molecular formula is C13H32. The SMILES string of the molecule is CC.CC.CC.CC1CCC(C)C1. The summed E-state index contributed by atoms with van der Waals surface area (Å²) in [6.45, 7) is 16.7. The van der Waals surface area contributed by atoms with Gasteiger partial charge in [-0.15, -0.1) is 0 Å². The van der Waals surface area contributed by atoms with Crippen LogP contribution in [0.3, 0.4) is 0 Å². The molecule has 1 aliphatic carbocycles. The van der Waals surface area contributed by atoms with E-state index in [1.165, 1.54) is 19.3 Å². The molecule has 0 aromatic carbocycles. The predicted molar refractivity (Wildman–Crippen MR) is 66.2 cm³/mol. The van der Waals surface area contributed by atoms with Gasteiger partial charge >= 0.3 is 0 Å². The molecule has 0 heterocycles. The van der Waals surface area contributed by atoms with Crippen LogP contribution in [0.1, 0.15) is 74.7 Å². The Hall–Kier alpha value is 0. The van der Waals surface area contributed by atoms with Crippen LogP contribution < -0.4 is 0 Å². The molecule has 0 saturated heterocycles. The summed E-state index contributed by atoms with van der Waals surface area (Å²) < 4.78 is 0. The van der Waals surface area contributed by atoms with Crippen LogP contribution in [0.25, 0.3) is 0 Å². The van der Waals surface area contributed by atoms with Gasteiger partial charge in [0.2, 0.25) is 0 Å². The van der Waals surface area contributed by atoms with E-state index in [1.807, 2.05) is 41.5 Å². The van der Waals surface area contributed by atoms with Gasteiger partial charge in [-0.05, 0) is 18.3 Å². The molecule has 0 heteroatoms. The molecule has 1 saturated carbocycles. The Labute approximate surface area is 87.1 Å². The monoisotopic (exact) mass is 188 g/mol. The lowest BCUT2D eigenvalue weighted by Gasteiger charge is -1.96. The lowest BCUT2D eigenvalue weighted by atomic mass is 10.1. The van der Waals surface area contributed by atoms with E-state index in [0.717, 1.165) is 11.8 Å². The van der Waals surface area contributed by atoms with Crippen molar-refractivity contribution in [1.29, 1.82) is 0 Å². The van der Waals surface area contributed by atoms with Crippen LogP contribution in [0.15, 0.2) is 0 Å². The average Bonchev–Trinajstić information content (AvgIpc) is 2.60. The van der Waals surface area contributed by atoms with Crippen LogP contribution in [0.4, 0.5) is 0 Å². The fourth-order valence-corrected chi connectivity index (χ4v) is 1.49. The first kappa shape index (κ1) is 18.7. The van der Waals surface area contributed by atoms with E-state index in [-0.39, 0.29) is 0 Å². The third-order valence-electron chi connectivity index (χ3n) is 1.96. The Balaban J connectivity index is -0.000000144. The summed E-state index contributed by atoms with van der Waals surface area (Å²) in [6.07, 6.45) is 4.42. The zero-order valence-electron chi connectivity index (χ0n) is 11.3. The van der Waals surface area contributed by atoms with E-state index < -0.39 is 0 Å². The second-order valence-electron chi connectivity index (χ2n) is 3.02. The van der Waals surface area contributed by atoms with Crippen molar-refractivity contribution in [3.05, 3.63) is 0 Å². The molecule has 0 nitrogen and oxygen atoms in total. The van der Waals surface area contributed by atoms with E-state index in [9.17, 15) is 0 Å². The highest BCUT2D eigenvalue weighted by molar-refractivity contribution is 4.68. The summed E-state index contributed by atoms with van der Waals surface area (Å²) in [6, 6.07) is 0. The van der Waals surface area contributed by atoms with Gasteiger partial charge in [-0.2, -0.15) is 0 Å². The van der Waals surface area contributed by atoms with Gasteiger partial charge in [0.25, 0.3) is 0 Å². The van der Waals surface area contributed by atoms with Gasteiger partial charge in [0.1, 0.15) is 0 Å². The van der Waals surface area contributed by atoms with Gasteiger partial charge < -0.3 is 0 Å². The van der Waals surface area contributed by atoms with E-state index in [2.05, 4.69) is 13.8 Å². The topological polar surface area (TPSA) is 0 Å². The van der Waals surface area contributed by atoms with Crippen LogP contribution in [0, 0.1) is 11.8 Å². The standard InChI is InChI=1S/C7H14.3C2H6/c1-6-3-4-7(2)5-6;3*1-2/h6-7H,3-5H2,1-2H3;3*1-2H3. The van der Waals surface area contributed by atoms with Crippen molar-refractivity contribution in [1.82, 2.24) is 0 Å². The molecule has 2 atom stereocenters. The second kappa shape index (κ2) is 17.9. The third kappa shape index (κ3) is 14.8.